The number of pyridine rings is 1. The molecule has 1 aromatic heterocycles. The molecule has 2 aromatic rings. The number of fused-ring (bicyclic) bond motifs is 1. The molecule has 128 valence electrons. The van der Waals surface area contributed by atoms with Gasteiger partial charge in [-0.05, 0) is 17.7 Å². The molecule has 25 heavy (non-hydrogen) atoms. The van der Waals surface area contributed by atoms with E-state index in [1.165, 1.54) is 0 Å². The van der Waals surface area contributed by atoms with E-state index in [2.05, 4.69) is 10.3 Å². The molecule has 1 N–H and O–H groups in total. The molecule has 6 nitrogen and oxygen atoms in total. The number of hydrogen-bond donors (Lipinski definition) is 1. The summed E-state index contributed by atoms with van der Waals surface area (Å²) >= 11 is 0. The van der Waals surface area contributed by atoms with Crippen LogP contribution in [-0.2, 0) is 9.53 Å². The summed E-state index contributed by atoms with van der Waals surface area (Å²) in [6.45, 7) is 1.00. The molecule has 6 heteroatoms. The first kappa shape index (κ1) is 15.8. The number of likely N-dealkylation sites (tertiary alicyclic amines) is 1. The van der Waals surface area contributed by atoms with Gasteiger partial charge in [0.2, 0.25) is 5.91 Å². The highest BCUT2D eigenvalue weighted by Crippen LogP contribution is 2.35. The van der Waals surface area contributed by atoms with Gasteiger partial charge in [-0.3, -0.25) is 14.6 Å². The second-order valence-electron chi connectivity index (χ2n) is 6.36. The molecular weight excluding hydrogens is 318 g/mol. The molecule has 2 saturated heterocycles. The topological polar surface area (TPSA) is 71.5 Å². The summed E-state index contributed by atoms with van der Waals surface area (Å²) in [5.74, 6) is -0.155. The standard InChI is InChI=1S/C19H19N3O3/c23-17-12-25-18-15(13-4-2-1-3-5-13)11-22(16(18)10-21-17)19(24)14-6-8-20-9-7-14/h1-9,15-16,18H,10-12H2,(H,21,23)/t15-,16-,18-/m1/s1. The first-order valence-corrected chi connectivity index (χ1v) is 8.38. The SMILES string of the molecule is O=C1CO[C@@H]2[C@@H](c3ccccc3)CN(C(=O)c3ccncc3)[C@@H]2CN1. The first-order chi connectivity index (χ1) is 12.2. The van der Waals surface area contributed by atoms with Gasteiger partial charge in [-0.1, -0.05) is 30.3 Å². The third kappa shape index (κ3) is 3.00. The van der Waals surface area contributed by atoms with E-state index >= 15 is 0 Å². The molecule has 0 aliphatic carbocycles. The van der Waals surface area contributed by atoms with Crippen LogP contribution in [-0.4, -0.2) is 53.5 Å². The number of nitrogens with zero attached hydrogens (tertiary/aromatic N) is 2. The van der Waals surface area contributed by atoms with Gasteiger partial charge in [-0.25, -0.2) is 0 Å². The van der Waals surface area contributed by atoms with Crippen LogP contribution >= 0.6 is 0 Å². The first-order valence-electron chi connectivity index (χ1n) is 8.38. The van der Waals surface area contributed by atoms with Crippen LogP contribution in [0.15, 0.2) is 54.9 Å². The van der Waals surface area contributed by atoms with Gasteiger partial charge in [-0.15, -0.1) is 0 Å². The van der Waals surface area contributed by atoms with E-state index in [1.807, 2.05) is 35.2 Å². The maximum atomic E-state index is 13.0. The number of rotatable bonds is 2. The summed E-state index contributed by atoms with van der Waals surface area (Å²) in [6, 6.07) is 13.3. The van der Waals surface area contributed by atoms with E-state index in [4.69, 9.17) is 4.74 Å². The molecule has 2 amide bonds. The molecule has 3 heterocycles. The molecule has 3 atom stereocenters. The fourth-order valence-corrected chi connectivity index (χ4v) is 3.68. The van der Waals surface area contributed by atoms with Crippen molar-refractivity contribution in [1.82, 2.24) is 15.2 Å². The zero-order valence-corrected chi connectivity index (χ0v) is 13.7. The maximum absolute atomic E-state index is 13.0. The Balaban J connectivity index is 1.67. The van der Waals surface area contributed by atoms with Crippen molar-refractivity contribution in [2.75, 3.05) is 19.7 Å². The summed E-state index contributed by atoms with van der Waals surface area (Å²) in [5.41, 5.74) is 1.72. The van der Waals surface area contributed by atoms with Crippen molar-refractivity contribution in [3.8, 4) is 0 Å². The Labute approximate surface area is 145 Å². The molecule has 1 aromatic carbocycles. The fourth-order valence-electron chi connectivity index (χ4n) is 3.68. The lowest BCUT2D eigenvalue weighted by Crippen LogP contribution is -2.45. The van der Waals surface area contributed by atoms with Crippen LogP contribution in [0.4, 0.5) is 0 Å². The number of ether oxygens (including phenoxy) is 1. The van der Waals surface area contributed by atoms with Crippen molar-refractivity contribution in [3.63, 3.8) is 0 Å². The molecule has 0 radical (unpaired) electrons. The average molecular weight is 337 g/mol. The molecule has 0 unspecified atom stereocenters. The molecular formula is C19H19N3O3. The van der Waals surface area contributed by atoms with Crippen LogP contribution < -0.4 is 5.32 Å². The van der Waals surface area contributed by atoms with Crippen molar-refractivity contribution < 1.29 is 14.3 Å². The number of hydrogen-bond acceptors (Lipinski definition) is 4. The lowest BCUT2D eigenvalue weighted by atomic mass is 9.93. The van der Waals surface area contributed by atoms with Gasteiger partial charge in [-0.2, -0.15) is 0 Å². The van der Waals surface area contributed by atoms with Gasteiger partial charge in [0, 0.05) is 37.0 Å². The van der Waals surface area contributed by atoms with Crippen LogP contribution in [0, 0.1) is 0 Å². The van der Waals surface area contributed by atoms with E-state index in [9.17, 15) is 9.59 Å². The Morgan fingerprint density at radius 1 is 1.16 bits per heavy atom. The zero-order valence-electron chi connectivity index (χ0n) is 13.7. The average Bonchev–Trinajstić information content (AvgIpc) is 2.93. The predicted octanol–water partition coefficient (Wildman–Crippen LogP) is 1.20. The molecule has 2 fully saturated rings. The third-order valence-electron chi connectivity index (χ3n) is 4.90. The third-order valence-corrected chi connectivity index (χ3v) is 4.90. The van der Waals surface area contributed by atoms with Crippen molar-refractivity contribution in [2.45, 2.75) is 18.1 Å². The minimum Gasteiger partial charge on any atom is -0.365 e. The molecule has 0 spiro atoms. The van der Waals surface area contributed by atoms with Gasteiger partial charge in [0.25, 0.3) is 5.91 Å². The summed E-state index contributed by atoms with van der Waals surface area (Å²) in [7, 11) is 0. The van der Waals surface area contributed by atoms with Gasteiger partial charge >= 0.3 is 0 Å². The van der Waals surface area contributed by atoms with Crippen molar-refractivity contribution in [3.05, 3.63) is 66.0 Å². The molecule has 0 bridgehead atoms. The van der Waals surface area contributed by atoms with Gasteiger partial charge in [0.05, 0.1) is 12.1 Å². The largest absolute Gasteiger partial charge is 0.365 e. The smallest absolute Gasteiger partial charge is 0.254 e. The van der Waals surface area contributed by atoms with Gasteiger partial charge in [0.1, 0.15) is 6.61 Å². The molecule has 0 saturated carbocycles. The second kappa shape index (κ2) is 6.64. The number of carbonyl (C=O) groups is 2. The van der Waals surface area contributed by atoms with Crippen LogP contribution in [0.2, 0.25) is 0 Å². The Kier molecular flexibility index (Phi) is 4.19. The Bertz CT molecular complexity index is 766. The minimum atomic E-state index is -0.202. The van der Waals surface area contributed by atoms with Gasteiger partial charge < -0.3 is 15.0 Å². The van der Waals surface area contributed by atoms with Crippen LogP contribution in [0.1, 0.15) is 21.8 Å². The Morgan fingerprint density at radius 2 is 1.92 bits per heavy atom. The summed E-state index contributed by atoms with van der Waals surface area (Å²) < 4.78 is 5.90. The zero-order chi connectivity index (χ0) is 17.2. The van der Waals surface area contributed by atoms with Crippen LogP contribution in [0.25, 0.3) is 0 Å². The minimum absolute atomic E-state index is 0.0296. The summed E-state index contributed by atoms with van der Waals surface area (Å²) in [4.78, 5) is 30.6. The number of carbonyl (C=O) groups excluding carboxylic acids is 2. The Hall–Kier alpha value is -2.73. The highest BCUT2D eigenvalue weighted by Gasteiger charge is 2.46. The van der Waals surface area contributed by atoms with E-state index in [-0.39, 0.29) is 36.5 Å². The quantitative estimate of drug-likeness (QED) is 0.894. The lowest BCUT2D eigenvalue weighted by molar-refractivity contribution is -0.125. The van der Waals surface area contributed by atoms with E-state index in [0.29, 0.717) is 18.7 Å². The van der Waals surface area contributed by atoms with E-state index in [0.717, 1.165) is 5.56 Å². The number of benzene rings is 1. The normalized spacial score (nSPS) is 25.8. The van der Waals surface area contributed by atoms with Crippen LogP contribution in [0.5, 0.6) is 0 Å². The maximum Gasteiger partial charge on any atom is 0.254 e. The number of amides is 2. The highest BCUT2D eigenvalue weighted by molar-refractivity contribution is 5.94. The molecule has 2 aliphatic rings. The Morgan fingerprint density at radius 3 is 2.68 bits per heavy atom. The van der Waals surface area contributed by atoms with Crippen molar-refractivity contribution in [1.29, 1.82) is 0 Å². The fraction of sp³-hybridized carbons (Fsp3) is 0.316. The van der Waals surface area contributed by atoms with Gasteiger partial charge in [0.15, 0.2) is 0 Å². The monoisotopic (exact) mass is 337 g/mol. The van der Waals surface area contributed by atoms with Crippen LogP contribution in [0.3, 0.4) is 0 Å². The second-order valence-corrected chi connectivity index (χ2v) is 6.36. The summed E-state index contributed by atoms with van der Waals surface area (Å²) in [5, 5.41) is 2.85. The van der Waals surface area contributed by atoms with E-state index in [1.54, 1.807) is 24.5 Å². The predicted molar refractivity (Wildman–Crippen MR) is 91.0 cm³/mol. The molecule has 4 rings (SSSR count). The number of aromatic nitrogens is 1. The molecule has 2 aliphatic heterocycles. The van der Waals surface area contributed by atoms with E-state index < -0.39 is 0 Å². The van der Waals surface area contributed by atoms with Crippen molar-refractivity contribution in [2.24, 2.45) is 0 Å². The lowest BCUT2D eigenvalue weighted by Gasteiger charge is -2.26. The number of nitrogens with one attached hydrogen (secondary N) is 1. The summed E-state index contributed by atoms with van der Waals surface area (Å²) in [6.07, 6.45) is 3.02. The van der Waals surface area contributed by atoms with Crippen molar-refractivity contribution >= 4 is 11.8 Å². The highest BCUT2D eigenvalue weighted by atomic mass is 16.5.